The molecule has 0 radical (unpaired) electrons. The van der Waals surface area contributed by atoms with Crippen LogP contribution in [0.1, 0.15) is 10.4 Å². The van der Waals surface area contributed by atoms with Gasteiger partial charge in [-0.3, -0.25) is 4.79 Å². The van der Waals surface area contributed by atoms with E-state index in [1.165, 1.54) is 6.07 Å². The van der Waals surface area contributed by atoms with E-state index in [1.807, 2.05) is 0 Å². The van der Waals surface area contributed by atoms with Gasteiger partial charge >= 0.3 is 0 Å². The highest BCUT2D eigenvalue weighted by Gasteiger charge is 2.12. The molecule has 0 aliphatic rings. The number of aromatic amines is 1. The Hall–Kier alpha value is -1.75. The van der Waals surface area contributed by atoms with Gasteiger partial charge in [-0.15, -0.1) is 0 Å². The van der Waals surface area contributed by atoms with Crippen LogP contribution >= 0.6 is 34.8 Å². The number of halogens is 3. The lowest BCUT2D eigenvalue weighted by molar-refractivity contribution is 0.102. The van der Waals surface area contributed by atoms with E-state index in [1.54, 1.807) is 30.3 Å². The predicted molar refractivity (Wildman–Crippen MR) is 85.5 cm³/mol. The molecule has 21 heavy (non-hydrogen) atoms. The Labute approximate surface area is 135 Å². The number of nitrogens with zero attached hydrogens (tertiary/aromatic N) is 1. The molecule has 2 aromatic carbocycles. The number of rotatable bonds is 2. The van der Waals surface area contributed by atoms with Crippen LogP contribution < -0.4 is 5.32 Å². The van der Waals surface area contributed by atoms with Gasteiger partial charge in [0.25, 0.3) is 5.91 Å². The predicted octanol–water partition coefficient (Wildman–Crippen LogP) is 4.78. The van der Waals surface area contributed by atoms with Crippen molar-refractivity contribution < 1.29 is 4.79 Å². The van der Waals surface area contributed by atoms with Crippen molar-refractivity contribution in [2.45, 2.75) is 0 Å². The zero-order valence-electron chi connectivity index (χ0n) is 10.5. The molecule has 4 nitrogen and oxygen atoms in total. The van der Waals surface area contributed by atoms with Gasteiger partial charge in [-0.1, -0.05) is 23.2 Å². The number of benzene rings is 2. The summed E-state index contributed by atoms with van der Waals surface area (Å²) in [5, 5.41) is 3.83. The van der Waals surface area contributed by atoms with Gasteiger partial charge in [0.05, 0.1) is 21.6 Å². The Morgan fingerprint density at radius 2 is 1.90 bits per heavy atom. The van der Waals surface area contributed by atoms with E-state index in [4.69, 9.17) is 34.8 Å². The second kappa shape index (κ2) is 5.56. The Kier molecular flexibility index (Phi) is 3.76. The Morgan fingerprint density at radius 1 is 1.10 bits per heavy atom. The van der Waals surface area contributed by atoms with E-state index in [0.29, 0.717) is 26.6 Å². The molecular weight excluding hydrogens is 333 g/mol. The first-order valence-electron chi connectivity index (χ1n) is 5.94. The fraction of sp³-hybridized carbons (Fsp3) is 0. The van der Waals surface area contributed by atoms with Crippen LogP contribution in [0.2, 0.25) is 15.3 Å². The van der Waals surface area contributed by atoms with Crippen LogP contribution in [0.15, 0.2) is 36.4 Å². The summed E-state index contributed by atoms with van der Waals surface area (Å²) >= 11 is 17.7. The van der Waals surface area contributed by atoms with Gasteiger partial charge in [-0.05, 0) is 48.0 Å². The van der Waals surface area contributed by atoms with Crippen LogP contribution in [0.25, 0.3) is 11.0 Å². The first-order chi connectivity index (χ1) is 10.0. The molecule has 0 aliphatic heterocycles. The van der Waals surface area contributed by atoms with E-state index in [-0.39, 0.29) is 5.91 Å². The number of nitrogens with one attached hydrogen (secondary N) is 2. The molecule has 0 aliphatic carbocycles. The number of carbonyl (C=O) groups is 1. The average Bonchev–Trinajstić information content (AvgIpc) is 2.80. The van der Waals surface area contributed by atoms with Crippen LogP contribution in [0, 0.1) is 0 Å². The number of fused-ring (bicyclic) bond motifs is 1. The van der Waals surface area contributed by atoms with Crippen LogP contribution in [-0.2, 0) is 0 Å². The zero-order chi connectivity index (χ0) is 15.0. The summed E-state index contributed by atoms with van der Waals surface area (Å²) in [5.74, 6) is -0.340. The number of anilines is 1. The molecule has 0 unspecified atom stereocenters. The monoisotopic (exact) mass is 339 g/mol. The highest BCUT2D eigenvalue weighted by Crippen LogP contribution is 2.23. The standard InChI is InChI=1S/C14H8Cl3N3O/c15-7-1-3-10(16)9(5-7)13(21)18-8-2-4-11-12(6-8)20-14(17)19-11/h1-6H,(H,18,21)(H,19,20). The molecule has 0 spiro atoms. The Balaban J connectivity index is 1.90. The molecule has 2 N–H and O–H groups in total. The van der Waals surface area contributed by atoms with Gasteiger partial charge in [-0.25, -0.2) is 4.98 Å². The second-order valence-electron chi connectivity index (χ2n) is 4.34. The number of amides is 1. The first-order valence-corrected chi connectivity index (χ1v) is 7.08. The van der Waals surface area contributed by atoms with Gasteiger partial charge in [0, 0.05) is 10.7 Å². The first kappa shape index (κ1) is 14.2. The normalized spacial score (nSPS) is 10.8. The number of carbonyl (C=O) groups excluding carboxylic acids is 1. The van der Waals surface area contributed by atoms with Crippen molar-refractivity contribution >= 4 is 57.4 Å². The maximum atomic E-state index is 12.2. The molecule has 106 valence electrons. The summed E-state index contributed by atoms with van der Waals surface area (Å²) in [6.45, 7) is 0. The second-order valence-corrected chi connectivity index (χ2v) is 5.54. The van der Waals surface area contributed by atoms with Crippen molar-refractivity contribution in [2.75, 3.05) is 5.32 Å². The number of H-pyrrole nitrogens is 1. The Bertz CT molecular complexity index is 845. The SMILES string of the molecule is O=C(Nc1ccc2nc(Cl)[nH]c2c1)c1cc(Cl)ccc1Cl. The molecule has 1 aromatic heterocycles. The summed E-state index contributed by atoms with van der Waals surface area (Å²) in [6.07, 6.45) is 0. The average molecular weight is 341 g/mol. The number of hydrogen-bond acceptors (Lipinski definition) is 2. The van der Waals surface area contributed by atoms with E-state index >= 15 is 0 Å². The number of imidazole rings is 1. The topological polar surface area (TPSA) is 57.8 Å². The molecule has 0 atom stereocenters. The molecule has 0 fully saturated rings. The quantitative estimate of drug-likeness (QED) is 0.705. The molecule has 1 heterocycles. The van der Waals surface area contributed by atoms with Gasteiger partial charge in [0.15, 0.2) is 0 Å². The van der Waals surface area contributed by atoms with Crippen LogP contribution in [0.4, 0.5) is 5.69 Å². The molecule has 1 amide bonds. The van der Waals surface area contributed by atoms with Crippen molar-refractivity contribution in [3.8, 4) is 0 Å². The maximum absolute atomic E-state index is 12.2. The van der Waals surface area contributed by atoms with E-state index < -0.39 is 0 Å². The van der Waals surface area contributed by atoms with Crippen LogP contribution in [-0.4, -0.2) is 15.9 Å². The van der Waals surface area contributed by atoms with Crippen molar-refractivity contribution in [1.82, 2.24) is 9.97 Å². The fourth-order valence-electron chi connectivity index (χ4n) is 1.93. The minimum absolute atomic E-state index is 0.298. The summed E-state index contributed by atoms with van der Waals surface area (Å²) in [6, 6.07) is 9.95. The third kappa shape index (κ3) is 2.97. The highest BCUT2D eigenvalue weighted by atomic mass is 35.5. The third-order valence-electron chi connectivity index (χ3n) is 2.88. The summed E-state index contributed by atoms with van der Waals surface area (Å²) < 4.78 is 0. The van der Waals surface area contributed by atoms with E-state index in [9.17, 15) is 4.79 Å². The van der Waals surface area contributed by atoms with Crippen molar-refractivity contribution in [3.63, 3.8) is 0 Å². The van der Waals surface area contributed by atoms with E-state index in [0.717, 1.165) is 11.0 Å². The lowest BCUT2D eigenvalue weighted by Gasteiger charge is -2.07. The van der Waals surface area contributed by atoms with E-state index in [2.05, 4.69) is 15.3 Å². The fourth-order valence-corrected chi connectivity index (χ4v) is 2.49. The van der Waals surface area contributed by atoms with Gasteiger partial charge in [-0.2, -0.15) is 0 Å². The molecular formula is C14H8Cl3N3O. The van der Waals surface area contributed by atoms with Gasteiger partial charge in [0.1, 0.15) is 0 Å². The Morgan fingerprint density at radius 3 is 2.71 bits per heavy atom. The highest BCUT2D eigenvalue weighted by molar-refractivity contribution is 6.36. The largest absolute Gasteiger partial charge is 0.329 e. The minimum Gasteiger partial charge on any atom is -0.329 e. The molecule has 3 aromatic rings. The molecule has 7 heteroatoms. The van der Waals surface area contributed by atoms with Gasteiger partial charge in [0.2, 0.25) is 5.28 Å². The molecule has 0 saturated heterocycles. The zero-order valence-corrected chi connectivity index (χ0v) is 12.7. The minimum atomic E-state index is -0.340. The van der Waals surface area contributed by atoms with Crippen molar-refractivity contribution in [1.29, 1.82) is 0 Å². The van der Waals surface area contributed by atoms with Crippen molar-refractivity contribution in [3.05, 3.63) is 57.3 Å². The third-order valence-corrected chi connectivity index (χ3v) is 3.63. The lowest BCUT2D eigenvalue weighted by atomic mass is 10.2. The smallest absolute Gasteiger partial charge is 0.257 e. The number of aromatic nitrogens is 2. The van der Waals surface area contributed by atoms with Crippen LogP contribution in [0.5, 0.6) is 0 Å². The molecule has 0 saturated carbocycles. The maximum Gasteiger partial charge on any atom is 0.257 e. The van der Waals surface area contributed by atoms with Crippen molar-refractivity contribution in [2.24, 2.45) is 0 Å². The van der Waals surface area contributed by atoms with Crippen LogP contribution in [0.3, 0.4) is 0 Å². The lowest BCUT2D eigenvalue weighted by Crippen LogP contribution is -2.12. The molecule has 3 rings (SSSR count). The molecule has 0 bridgehead atoms. The summed E-state index contributed by atoms with van der Waals surface area (Å²) in [5.41, 5.74) is 2.37. The number of hydrogen-bond donors (Lipinski definition) is 2. The summed E-state index contributed by atoms with van der Waals surface area (Å²) in [4.78, 5) is 19.2. The van der Waals surface area contributed by atoms with Gasteiger partial charge < -0.3 is 10.3 Å². The summed E-state index contributed by atoms with van der Waals surface area (Å²) in [7, 11) is 0.